The third-order valence-corrected chi connectivity index (χ3v) is 6.31. The van der Waals surface area contributed by atoms with Crippen molar-refractivity contribution in [2.45, 2.75) is 32.7 Å². The molecule has 1 aromatic carbocycles. The van der Waals surface area contributed by atoms with Crippen LogP contribution in [0.1, 0.15) is 29.7 Å². The standard InChI is InChI=1S/C24H25N3O3S/c1-19-10-15-23(26-31(29,30)18-22-8-3-2-4-9-22)24(28)27(19)16-6-5-7-20-11-13-21(17-25)14-12-20/h2-3,5-6,8,10-15,26H,4,7,9,16,18H2,1H3/b6-5+. The first kappa shape index (κ1) is 22.3. The van der Waals surface area contributed by atoms with E-state index in [-0.39, 0.29) is 17.0 Å². The monoisotopic (exact) mass is 435 g/mol. The van der Waals surface area contributed by atoms with Crippen LogP contribution in [0.2, 0.25) is 0 Å². The Balaban J connectivity index is 1.68. The van der Waals surface area contributed by atoms with Crippen molar-refractivity contribution >= 4 is 15.7 Å². The van der Waals surface area contributed by atoms with Gasteiger partial charge >= 0.3 is 0 Å². The van der Waals surface area contributed by atoms with E-state index in [4.69, 9.17) is 5.26 Å². The van der Waals surface area contributed by atoms with Gasteiger partial charge in [0.15, 0.2) is 0 Å². The smallest absolute Gasteiger partial charge is 0.275 e. The van der Waals surface area contributed by atoms with Crippen molar-refractivity contribution in [3.05, 3.63) is 99.5 Å². The molecule has 2 aromatic rings. The molecular formula is C24H25N3O3S. The highest BCUT2D eigenvalue weighted by molar-refractivity contribution is 7.92. The first-order valence-electron chi connectivity index (χ1n) is 10.1. The lowest BCUT2D eigenvalue weighted by Gasteiger charge is -2.14. The van der Waals surface area contributed by atoms with Gasteiger partial charge in [-0.25, -0.2) is 8.42 Å². The molecule has 0 atom stereocenters. The van der Waals surface area contributed by atoms with E-state index in [1.807, 2.05) is 49.4 Å². The van der Waals surface area contributed by atoms with Crippen LogP contribution >= 0.6 is 0 Å². The van der Waals surface area contributed by atoms with Crippen molar-refractivity contribution < 1.29 is 8.42 Å². The molecule has 0 fully saturated rings. The molecule has 1 aliphatic carbocycles. The maximum Gasteiger partial charge on any atom is 0.275 e. The number of benzene rings is 1. The Morgan fingerprint density at radius 1 is 1.16 bits per heavy atom. The number of nitrogens with one attached hydrogen (secondary N) is 1. The minimum atomic E-state index is -3.66. The summed E-state index contributed by atoms with van der Waals surface area (Å²) in [7, 11) is -3.66. The molecule has 0 saturated heterocycles. The minimum Gasteiger partial charge on any atom is -0.307 e. The van der Waals surface area contributed by atoms with E-state index in [0.717, 1.165) is 23.3 Å². The highest BCUT2D eigenvalue weighted by Crippen LogP contribution is 2.15. The zero-order valence-electron chi connectivity index (χ0n) is 17.4. The molecule has 0 aliphatic heterocycles. The first-order chi connectivity index (χ1) is 14.9. The number of allylic oxidation sites excluding steroid dienone is 5. The lowest BCUT2D eigenvalue weighted by molar-refractivity contribution is 0.602. The molecule has 6 nitrogen and oxygen atoms in total. The predicted octanol–water partition coefficient (Wildman–Crippen LogP) is 3.85. The zero-order chi connectivity index (χ0) is 22.3. The third-order valence-electron chi connectivity index (χ3n) is 5.02. The van der Waals surface area contributed by atoms with E-state index in [9.17, 15) is 13.2 Å². The number of anilines is 1. The van der Waals surface area contributed by atoms with Crippen LogP contribution in [-0.2, 0) is 23.0 Å². The van der Waals surface area contributed by atoms with Crippen LogP contribution in [0.3, 0.4) is 0 Å². The normalized spacial score (nSPS) is 13.7. The van der Waals surface area contributed by atoms with Crippen molar-refractivity contribution in [3.8, 4) is 6.07 Å². The quantitative estimate of drug-likeness (QED) is 0.638. The lowest BCUT2D eigenvalue weighted by Crippen LogP contribution is -2.28. The topological polar surface area (TPSA) is 92.0 Å². The Morgan fingerprint density at radius 2 is 1.94 bits per heavy atom. The molecule has 3 rings (SSSR count). The van der Waals surface area contributed by atoms with Gasteiger partial charge in [0.25, 0.3) is 5.56 Å². The summed E-state index contributed by atoms with van der Waals surface area (Å²) in [5.41, 5.74) is 2.93. The number of nitrogens with zero attached hydrogens (tertiary/aromatic N) is 2. The molecule has 0 saturated carbocycles. The van der Waals surface area contributed by atoms with Crippen LogP contribution in [0, 0.1) is 18.3 Å². The summed E-state index contributed by atoms with van der Waals surface area (Å²) in [6.45, 7) is 2.15. The van der Waals surface area contributed by atoms with Gasteiger partial charge in [-0.15, -0.1) is 0 Å². The molecular weight excluding hydrogens is 410 g/mol. The fourth-order valence-corrected chi connectivity index (χ4v) is 4.60. The number of aromatic nitrogens is 1. The molecule has 160 valence electrons. The average Bonchev–Trinajstić information content (AvgIpc) is 2.76. The zero-order valence-corrected chi connectivity index (χ0v) is 18.2. The third kappa shape index (κ3) is 6.30. The summed E-state index contributed by atoms with van der Waals surface area (Å²) in [6.07, 6.45) is 11.7. The second-order valence-corrected chi connectivity index (χ2v) is 9.16. The van der Waals surface area contributed by atoms with Gasteiger partial charge in [-0.3, -0.25) is 9.52 Å². The second kappa shape index (κ2) is 10.1. The Hall–Kier alpha value is -3.37. The van der Waals surface area contributed by atoms with Crippen molar-refractivity contribution in [2.24, 2.45) is 0 Å². The molecule has 7 heteroatoms. The highest BCUT2D eigenvalue weighted by Gasteiger charge is 2.17. The summed E-state index contributed by atoms with van der Waals surface area (Å²) in [5.74, 6) is -0.116. The summed E-state index contributed by atoms with van der Waals surface area (Å²) < 4.78 is 29.0. The van der Waals surface area contributed by atoms with Gasteiger partial charge in [0.1, 0.15) is 5.69 Å². The number of nitriles is 1. The maximum atomic E-state index is 12.8. The van der Waals surface area contributed by atoms with Gasteiger partial charge in [-0.05, 0) is 56.0 Å². The Kier molecular flexibility index (Phi) is 7.27. The van der Waals surface area contributed by atoms with Gasteiger partial charge in [0, 0.05) is 12.2 Å². The molecule has 1 heterocycles. The SMILES string of the molecule is Cc1ccc(NS(=O)(=O)CC2=CC=CCC2)c(=O)n1C/C=C/Cc1ccc(C#N)cc1. The number of pyridine rings is 1. The van der Waals surface area contributed by atoms with E-state index in [1.54, 1.807) is 18.2 Å². The van der Waals surface area contributed by atoms with E-state index in [0.29, 0.717) is 24.9 Å². The molecule has 0 radical (unpaired) electrons. The number of sulfonamides is 1. The molecule has 1 aliphatic rings. The van der Waals surface area contributed by atoms with Gasteiger partial charge in [0.05, 0.1) is 17.4 Å². The Labute approximate surface area is 182 Å². The number of hydrogen-bond acceptors (Lipinski definition) is 4. The van der Waals surface area contributed by atoms with Crippen molar-refractivity contribution in [1.29, 1.82) is 5.26 Å². The second-order valence-electron chi connectivity index (χ2n) is 7.44. The Morgan fingerprint density at radius 3 is 2.61 bits per heavy atom. The highest BCUT2D eigenvalue weighted by atomic mass is 32.2. The molecule has 0 amide bonds. The molecule has 0 spiro atoms. The van der Waals surface area contributed by atoms with Crippen LogP contribution in [-0.4, -0.2) is 18.7 Å². The summed E-state index contributed by atoms with van der Waals surface area (Å²) in [4.78, 5) is 12.8. The van der Waals surface area contributed by atoms with Crippen molar-refractivity contribution in [2.75, 3.05) is 10.5 Å². The minimum absolute atomic E-state index is 0.0537. The largest absolute Gasteiger partial charge is 0.307 e. The fourth-order valence-electron chi connectivity index (χ4n) is 3.31. The Bertz CT molecular complexity index is 1230. The fraction of sp³-hybridized carbons (Fsp3) is 0.250. The summed E-state index contributed by atoms with van der Waals surface area (Å²) in [5, 5.41) is 8.85. The van der Waals surface area contributed by atoms with E-state index >= 15 is 0 Å². The summed E-state index contributed by atoms with van der Waals surface area (Å²) in [6, 6.07) is 12.7. The first-order valence-corrected chi connectivity index (χ1v) is 11.7. The van der Waals surface area contributed by atoms with E-state index in [1.165, 1.54) is 10.6 Å². The van der Waals surface area contributed by atoms with E-state index in [2.05, 4.69) is 10.8 Å². The van der Waals surface area contributed by atoms with Crippen LogP contribution in [0.15, 0.2) is 77.1 Å². The molecule has 31 heavy (non-hydrogen) atoms. The molecule has 0 bridgehead atoms. The number of aryl methyl sites for hydroxylation is 1. The van der Waals surface area contributed by atoms with Crippen LogP contribution in [0.5, 0.6) is 0 Å². The van der Waals surface area contributed by atoms with Gasteiger partial charge < -0.3 is 4.57 Å². The van der Waals surface area contributed by atoms with Crippen LogP contribution in [0.4, 0.5) is 5.69 Å². The van der Waals surface area contributed by atoms with Crippen molar-refractivity contribution in [1.82, 2.24) is 4.57 Å². The summed E-state index contributed by atoms with van der Waals surface area (Å²) >= 11 is 0. The number of hydrogen-bond donors (Lipinski definition) is 1. The van der Waals surface area contributed by atoms with Gasteiger partial charge in [-0.1, -0.05) is 48.1 Å². The maximum absolute atomic E-state index is 12.8. The van der Waals surface area contributed by atoms with Crippen LogP contribution < -0.4 is 10.3 Å². The predicted molar refractivity (Wildman–Crippen MR) is 123 cm³/mol. The lowest BCUT2D eigenvalue weighted by atomic mass is 10.1. The average molecular weight is 436 g/mol. The number of rotatable bonds is 8. The van der Waals surface area contributed by atoms with Crippen molar-refractivity contribution in [3.63, 3.8) is 0 Å². The van der Waals surface area contributed by atoms with Gasteiger partial charge in [-0.2, -0.15) is 5.26 Å². The molecule has 0 unspecified atom stereocenters. The van der Waals surface area contributed by atoms with E-state index < -0.39 is 10.0 Å². The van der Waals surface area contributed by atoms with Gasteiger partial charge in [0.2, 0.25) is 10.0 Å². The van der Waals surface area contributed by atoms with Crippen LogP contribution in [0.25, 0.3) is 0 Å². The molecule has 1 aromatic heterocycles. The molecule has 1 N–H and O–H groups in total.